The molecule has 0 aliphatic rings. The van der Waals surface area contributed by atoms with Gasteiger partial charge in [-0.2, -0.15) is 0 Å². The molecule has 0 heterocycles. The van der Waals surface area contributed by atoms with Crippen molar-refractivity contribution in [2.24, 2.45) is 0 Å². The average molecular weight is 419 g/mol. The Hall–Kier alpha value is -2.54. The molecule has 1 atom stereocenters. The van der Waals surface area contributed by atoms with E-state index in [9.17, 15) is 13.2 Å². The Kier molecular flexibility index (Phi) is 7.30. The van der Waals surface area contributed by atoms with Gasteiger partial charge in [0.2, 0.25) is 15.9 Å². The second-order valence-electron chi connectivity index (χ2n) is 7.32. The van der Waals surface area contributed by atoms with Gasteiger partial charge in [-0.15, -0.1) is 0 Å². The van der Waals surface area contributed by atoms with E-state index >= 15 is 0 Å². The Morgan fingerprint density at radius 1 is 1.10 bits per heavy atom. The second-order valence-corrected chi connectivity index (χ2v) is 9.23. The molecule has 0 aromatic heterocycles. The predicted octanol–water partition coefficient (Wildman–Crippen LogP) is 3.65. The third-order valence-corrected chi connectivity index (χ3v) is 5.95. The van der Waals surface area contributed by atoms with E-state index in [2.05, 4.69) is 5.32 Å². The molecule has 0 fully saturated rings. The highest BCUT2D eigenvalue weighted by molar-refractivity contribution is 7.92. The number of methoxy groups -OCH3 is 1. The summed E-state index contributed by atoms with van der Waals surface area (Å²) in [6, 6.07) is 11.1. The van der Waals surface area contributed by atoms with E-state index in [1.807, 2.05) is 64.1 Å². The fraction of sp³-hybridized carbons (Fsp3) is 0.409. The van der Waals surface area contributed by atoms with E-state index < -0.39 is 10.0 Å². The topological polar surface area (TPSA) is 75.7 Å². The molecule has 29 heavy (non-hydrogen) atoms. The molecule has 0 bridgehead atoms. The third-order valence-electron chi connectivity index (χ3n) is 4.83. The zero-order chi connectivity index (χ0) is 21.8. The Bertz CT molecular complexity index is 946. The lowest BCUT2D eigenvalue weighted by Crippen LogP contribution is -2.42. The summed E-state index contributed by atoms with van der Waals surface area (Å²) in [6.45, 7) is 7.38. The van der Waals surface area contributed by atoms with Crippen molar-refractivity contribution in [2.45, 2.75) is 40.2 Å². The van der Waals surface area contributed by atoms with Crippen LogP contribution < -0.4 is 14.4 Å². The number of ether oxygens (including phenoxy) is 1. The predicted molar refractivity (Wildman–Crippen MR) is 117 cm³/mol. The molecule has 0 aliphatic heterocycles. The van der Waals surface area contributed by atoms with Gasteiger partial charge in [0.25, 0.3) is 0 Å². The molecule has 0 radical (unpaired) electrons. The smallest absolute Gasteiger partial charge is 0.241 e. The van der Waals surface area contributed by atoms with Crippen LogP contribution in [0.2, 0.25) is 0 Å². The van der Waals surface area contributed by atoms with E-state index in [4.69, 9.17) is 4.74 Å². The Labute approximate surface area is 173 Å². The highest BCUT2D eigenvalue weighted by Crippen LogP contribution is 2.28. The molecule has 0 aliphatic carbocycles. The number of amides is 1. The summed E-state index contributed by atoms with van der Waals surface area (Å²) >= 11 is 0. The minimum atomic E-state index is -3.63. The lowest BCUT2D eigenvalue weighted by molar-refractivity contribution is -0.120. The van der Waals surface area contributed by atoms with Crippen LogP contribution in [0, 0.1) is 20.8 Å². The number of carbonyl (C=O) groups excluding carboxylic acids is 1. The molecular formula is C22H30N2O4S. The zero-order valence-corrected chi connectivity index (χ0v) is 18.8. The SMILES string of the molecule is CC[C@@H](NC(=O)CN(c1c(C)cc(C)cc1C)S(C)(=O)=O)c1ccc(OC)cc1. The summed E-state index contributed by atoms with van der Waals surface area (Å²) in [5.41, 5.74) is 4.19. The number of aryl methyl sites for hydroxylation is 3. The first-order valence-corrected chi connectivity index (χ1v) is 11.4. The van der Waals surface area contributed by atoms with E-state index in [1.165, 1.54) is 4.31 Å². The van der Waals surface area contributed by atoms with Crippen LogP contribution in [0.25, 0.3) is 0 Å². The van der Waals surface area contributed by atoms with Crippen molar-refractivity contribution in [3.8, 4) is 5.75 Å². The van der Waals surface area contributed by atoms with Gasteiger partial charge in [0, 0.05) is 0 Å². The summed E-state index contributed by atoms with van der Waals surface area (Å²) in [5.74, 6) is 0.390. The maximum Gasteiger partial charge on any atom is 0.241 e. The summed E-state index contributed by atoms with van der Waals surface area (Å²) in [7, 11) is -2.03. The number of anilines is 1. The van der Waals surface area contributed by atoms with Crippen molar-refractivity contribution >= 4 is 21.6 Å². The highest BCUT2D eigenvalue weighted by Gasteiger charge is 2.25. The van der Waals surface area contributed by atoms with Crippen molar-refractivity contribution in [2.75, 3.05) is 24.2 Å². The monoisotopic (exact) mass is 418 g/mol. The highest BCUT2D eigenvalue weighted by atomic mass is 32.2. The third kappa shape index (κ3) is 5.73. The van der Waals surface area contributed by atoms with Gasteiger partial charge in [-0.25, -0.2) is 8.42 Å². The molecule has 158 valence electrons. The lowest BCUT2D eigenvalue weighted by Gasteiger charge is -2.27. The molecule has 1 amide bonds. The van der Waals surface area contributed by atoms with Crippen LogP contribution in [0.15, 0.2) is 36.4 Å². The minimum absolute atomic E-state index is 0.213. The van der Waals surface area contributed by atoms with Crippen molar-refractivity contribution in [3.05, 3.63) is 58.7 Å². The summed E-state index contributed by atoms with van der Waals surface area (Å²) in [4.78, 5) is 12.8. The first-order valence-electron chi connectivity index (χ1n) is 9.55. The molecule has 7 heteroatoms. The molecule has 0 saturated heterocycles. The molecule has 0 spiro atoms. The van der Waals surface area contributed by atoms with Crippen molar-refractivity contribution < 1.29 is 17.9 Å². The van der Waals surface area contributed by atoms with Gasteiger partial charge >= 0.3 is 0 Å². The van der Waals surface area contributed by atoms with Crippen LogP contribution in [0.1, 0.15) is 41.6 Å². The molecule has 2 aromatic carbocycles. The maximum absolute atomic E-state index is 12.8. The quantitative estimate of drug-likeness (QED) is 0.710. The van der Waals surface area contributed by atoms with E-state index in [0.29, 0.717) is 12.1 Å². The van der Waals surface area contributed by atoms with Gasteiger partial charge in [-0.1, -0.05) is 36.8 Å². The van der Waals surface area contributed by atoms with Gasteiger partial charge in [0.05, 0.1) is 25.1 Å². The van der Waals surface area contributed by atoms with Gasteiger partial charge in [0.1, 0.15) is 12.3 Å². The van der Waals surface area contributed by atoms with Crippen molar-refractivity contribution in [1.29, 1.82) is 0 Å². The average Bonchev–Trinajstić information content (AvgIpc) is 2.64. The van der Waals surface area contributed by atoms with Crippen LogP contribution in [0.4, 0.5) is 5.69 Å². The number of carbonyl (C=O) groups is 1. The van der Waals surface area contributed by atoms with Crippen LogP contribution in [-0.2, 0) is 14.8 Å². The number of hydrogen-bond donors (Lipinski definition) is 1. The van der Waals surface area contributed by atoms with E-state index in [0.717, 1.165) is 34.3 Å². The van der Waals surface area contributed by atoms with Crippen LogP contribution >= 0.6 is 0 Å². The number of hydrogen-bond acceptors (Lipinski definition) is 4. The van der Waals surface area contributed by atoms with E-state index in [-0.39, 0.29) is 18.5 Å². The van der Waals surface area contributed by atoms with Crippen molar-refractivity contribution in [3.63, 3.8) is 0 Å². The number of sulfonamides is 1. The Morgan fingerprint density at radius 2 is 1.66 bits per heavy atom. The van der Waals surface area contributed by atoms with Crippen molar-refractivity contribution in [1.82, 2.24) is 5.32 Å². The fourth-order valence-corrected chi connectivity index (χ4v) is 4.53. The van der Waals surface area contributed by atoms with Gasteiger partial charge in [0.15, 0.2) is 0 Å². The normalized spacial score (nSPS) is 12.3. The zero-order valence-electron chi connectivity index (χ0n) is 17.9. The number of benzene rings is 2. The molecule has 0 unspecified atom stereocenters. The minimum Gasteiger partial charge on any atom is -0.497 e. The largest absolute Gasteiger partial charge is 0.497 e. The van der Waals surface area contributed by atoms with E-state index in [1.54, 1.807) is 7.11 Å². The molecule has 1 N–H and O–H groups in total. The number of nitrogens with zero attached hydrogens (tertiary/aromatic N) is 1. The number of nitrogens with one attached hydrogen (secondary N) is 1. The number of rotatable bonds is 8. The lowest BCUT2D eigenvalue weighted by atomic mass is 10.0. The molecule has 0 saturated carbocycles. The summed E-state index contributed by atoms with van der Waals surface area (Å²) in [5, 5.41) is 2.96. The van der Waals surface area contributed by atoms with Gasteiger partial charge in [-0.05, 0) is 56.0 Å². The summed E-state index contributed by atoms with van der Waals surface area (Å²) in [6.07, 6.45) is 1.80. The molecule has 6 nitrogen and oxygen atoms in total. The Morgan fingerprint density at radius 3 is 2.10 bits per heavy atom. The maximum atomic E-state index is 12.8. The Balaban J connectivity index is 2.26. The van der Waals surface area contributed by atoms with Crippen LogP contribution in [0.3, 0.4) is 0 Å². The first kappa shape index (κ1) is 22.7. The molecule has 2 aromatic rings. The molecule has 2 rings (SSSR count). The summed E-state index contributed by atoms with van der Waals surface area (Å²) < 4.78 is 31.3. The second kappa shape index (κ2) is 9.31. The van der Waals surface area contributed by atoms with Gasteiger partial charge in [-0.3, -0.25) is 9.10 Å². The van der Waals surface area contributed by atoms with Crippen LogP contribution in [-0.4, -0.2) is 34.2 Å². The van der Waals surface area contributed by atoms with Crippen LogP contribution in [0.5, 0.6) is 5.75 Å². The molecular weight excluding hydrogens is 388 g/mol. The first-order chi connectivity index (χ1) is 13.6. The standard InChI is InChI=1S/C22H30N2O4S/c1-7-20(18-8-10-19(28-5)11-9-18)23-21(25)14-24(29(6,26)27)22-16(3)12-15(2)13-17(22)4/h8-13,20H,7,14H2,1-6H3,(H,23,25)/t20-/m1/s1. The fourth-order valence-electron chi connectivity index (χ4n) is 3.56. The van der Waals surface area contributed by atoms with Gasteiger partial charge < -0.3 is 10.1 Å².